The number of halogens is 1. The highest BCUT2D eigenvalue weighted by molar-refractivity contribution is 9.10. The highest BCUT2D eigenvalue weighted by Gasteiger charge is 2.16. The summed E-state index contributed by atoms with van der Waals surface area (Å²) in [5.41, 5.74) is 6.04. The largest absolute Gasteiger partial charge is 0.399 e. The lowest BCUT2D eigenvalue weighted by molar-refractivity contribution is 0.581. The molecule has 0 radical (unpaired) electrons. The van der Waals surface area contributed by atoms with Gasteiger partial charge >= 0.3 is 0 Å². The minimum Gasteiger partial charge on any atom is -0.399 e. The predicted molar refractivity (Wildman–Crippen MR) is 68.6 cm³/mol. The van der Waals surface area contributed by atoms with Crippen molar-refractivity contribution >= 4 is 31.6 Å². The number of nitrogen functional groups attached to an aromatic ring is 1. The van der Waals surface area contributed by atoms with Crippen molar-refractivity contribution in [3.05, 3.63) is 35.3 Å². The van der Waals surface area contributed by atoms with E-state index in [1.165, 1.54) is 6.07 Å². The van der Waals surface area contributed by atoms with Crippen LogP contribution in [0.3, 0.4) is 0 Å². The van der Waals surface area contributed by atoms with Gasteiger partial charge in [0.1, 0.15) is 0 Å². The maximum Gasteiger partial charge on any atom is 0.241 e. The smallest absolute Gasteiger partial charge is 0.241 e. The first kappa shape index (κ1) is 13.2. The van der Waals surface area contributed by atoms with Gasteiger partial charge < -0.3 is 5.73 Å². The zero-order valence-corrected chi connectivity index (χ0v) is 11.0. The minimum absolute atomic E-state index is 0.186. The Bertz CT molecular complexity index is 486. The van der Waals surface area contributed by atoms with Crippen LogP contribution in [-0.4, -0.2) is 15.0 Å². The van der Waals surface area contributed by atoms with Gasteiger partial charge in [-0.3, -0.25) is 0 Å². The second-order valence-electron chi connectivity index (χ2n) is 3.16. The molecule has 0 aliphatic heterocycles. The third kappa shape index (κ3) is 3.33. The Morgan fingerprint density at radius 3 is 2.75 bits per heavy atom. The molecule has 3 N–H and O–H groups in total. The second kappa shape index (κ2) is 5.47. The van der Waals surface area contributed by atoms with Crippen LogP contribution in [-0.2, 0) is 10.0 Å². The normalized spacial score (nSPS) is 11.3. The van der Waals surface area contributed by atoms with E-state index >= 15 is 0 Å². The summed E-state index contributed by atoms with van der Waals surface area (Å²) in [5.74, 6) is 0. The summed E-state index contributed by atoms with van der Waals surface area (Å²) < 4.78 is 26.6. The second-order valence-corrected chi connectivity index (χ2v) is 5.75. The molecule has 0 saturated heterocycles. The molecular weight excluding hydrogens is 292 g/mol. The van der Waals surface area contributed by atoms with Gasteiger partial charge in [0.25, 0.3) is 0 Å². The third-order valence-electron chi connectivity index (χ3n) is 1.89. The van der Waals surface area contributed by atoms with Crippen LogP contribution < -0.4 is 10.5 Å². The van der Waals surface area contributed by atoms with Crippen molar-refractivity contribution in [2.75, 3.05) is 12.3 Å². The molecule has 1 aromatic rings. The molecule has 0 saturated carbocycles. The Morgan fingerprint density at radius 1 is 1.50 bits per heavy atom. The zero-order valence-electron chi connectivity index (χ0n) is 8.61. The van der Waals surface area contributed by atoms with Gasteiger partial charge in [0.05, 0.1) is 4.90 Å². The van der Waals surface area contributed by atoms with Gasteiger partial charge in [-0.2, -0.15) is 0 Å². The summed E-state index contributed by atoms with van der Waals surface area (Å²) in [4.78, 5) is 0.186. The van der Waals surface area contributed by atoms with Crippen LogP contribution in [0.2, 0.25) is 0 Å². The van der Waals surface area contributed by atoms with Crippen LogP contribution in [0.25, 0.3) is 0 Å². The monoisotopic (exact) mass is 304 g/mol. The molecule has 6 heteroatoms. The highest BCUT2D eigenvalue weighted by Crippen LogP contribution is 2.23. The molecule has 4 nitrogen and oxygen atoms in total. The fourth-order valence-electron chi connectivity index (χ4n) is 1.11. The molecule has 0 heterocycles. The highest BCUT2D eigenvalue weighted by atomic mass is 79.9. The van der Waals surface area contributed by atoms with Crippen molar-refractivity contribution in [2.24, 2.45) is 0 Å². The third-order valence-corrected chi connectivity index (χ3v) is 4.32. The SMILES string of the molecule is C=CCCNS(=O)(=O)c1ccc(N)cc1Br. The molecule has 0 fully saturated rings. The number of nitrogens with two attached hydrogens (primary N) is 1. The Hall–Kier alpha value is -0.850. The number of hydrogen-bond acceptors (Lipinski definition) is 3. The van der Waals surface area contributed by atoms with Gasteiger partial charge in [-0.15, -0.1) is 6.58 Å². The van der Waals surface area contributed by atoms with Crippen molar-refractivity contribution < 1.29 is 8.42 Å². The minimum atomic E-state index is -3.48. The van der Waals surface area contributed by atoms with Gasteiger partial charge in [-0.05, 0) is 40.5 Å². The summed E-state index contributed by atoms with van der Waals surface area (Å²) in [5, 5.41) is 0. The molecule has 0 bridgehead atoms. The van der Waals surface area contributed by atoms with E-state index in [1.54, 1.807) is 18.2 Å². The Kier molecular flexibility index (Phi) is 4.52. The van der Waals surface area contributed by atoms with Crippen LogP contribution in [0, 0.1) is 0 Å². The molecule has 16 heavy (non-hydrogen) atoms. The average Bonchev–Trinajstić information content (AvgIpc) is 2.17. The molecule has 0 spiro atoms. The van der Waals surface area contributed by atoms with E-state index in [0.717, 1.165) is 0 Å². The Balaban J connectivity index is 2.94. The fourth-order valence-corrected chi connectivity index (χ4v) is 3.25. The molecule has 0 unspecified atom stereocenters. The molecule has 0 aromatic heterocycles. The number of rotatable bonds is 5. The predicted octanol–water partition coefficient (Wildman–Crippen LogP) is 1.89. The Morgan fingerprint density at radius 2 is 2.19 bits per heavy atom. The molecule has 0 amide bonds. The van der Waals surface area contributed by atoms with E-state index in [9.17, 15) is 8.42 Å². The molecule has 0 atom stereocenters. The molecule has 88 valence electrons. The molecule has 0 aliphatic rings. The van der Waals surface area contributed by atoms with Crippen molar-refractivity contribution in [1.29, 1.82) is 0 Å². The molecule has 0 aliphatic carbocycles. The zero-order chi connectivity index (χ0) is 12.2. The number of hydrogen-bond donors (Lipinski definition) is 2. The first-order valence-corrected chi connectivity index (χ1v) is 6.90. The van der Waals surface area contributed by atoms with Crippen molar-refractivity contribution in [3.8, 4) is 0 Å². The summed E-state index contributed by atoms with van der Waals surface area (Å²) in [7, 11) is -3.48. The number of nitrogens with one attached hydrogen (secondary N) is 1. The number of benzene rings is 1. The van der Waals surface area contributed by atoms with Crippen LogP contribution in [0.1, 0.15) is 6.42 Å². The Labute approximate surface area is 104 Å². The fraction of sp³-hybridized carbons (Fsp3) is 0.200. The lowest BCUT2D eigenvalue weighted by Crippen LogP contribution is -2.24. The molecule has 1 rings (SSSR count). The van der Waals surface area contributed by atoms with Crippen molar-refractivity contribution in [2.45, 2.75) is 11.3 Å². The standard InChI is InChI=1S/C10H13BrN2O2S/c1-2-3-6-13-16(14,15)10-5-4-8(12)7-9(10)11/h2,4-5,7,13H,1,3,6,12H2. The van der Waals surface area contributed by atoms with Gasteiger partial charge in [-0.25, -0.2) is 13.1 Å². The van der Waals surface area contributed by atoms with Crippen LogP contribution >= 0.6 is 15.9 Å². The molecular formula is C10H13BrN2O2S. The summed E-state index contributed by atoms with van der Waals surface area (Å²) in [6, 6.07) is 4.57. The summed E-state index contributed by atoms with van der Waals surface area (Å²) in [6.45, 7) is 3.86. The summed E-state index contributed by atoms with van der Waals surface area (Å²) in [6.07, 6.45) is 2.24. The number of sulfonamides is 1. The molecule has 1 aromatic carbocycles. The van der Waals surface area contributed by atoms with E-state index in [-0.39, 0.29) is 4.90 Å². The number of anilines is 1. The van der Waals surface area contributed by atoms with E-state index in [4.69, 9.17) is 5.73 Å². The van der Waals surface area contributed by atoms with E-state index in [1.807, 2.05) is 0 Å². The van der Waals surface area contributed by atoms with Crippen LogP contribution in [0.5, 0.6) is 0 Å². The first-order valence-electron chi connectivity index (χ1n) is 4.63. The van der Waals surface area contributed by atoms with Gasteiger partial charge in [0.2, 0.25) is 10.0 Å². The van der Waals surface area contributed by atoms with Crippen molar-refractivity contribution in [3.63, 3.8) is 0 Å². The van der Waals surface area contributed by atoms with E-state index in [2.05, 4.69) is 27.2 Å². The maximum absolute atomic E-state index is 11.8. The van der Waals surface area contributed by atoms with Crippen LogP contribution in [0.15, 0.2) is 40.2 Å². The van der Waals surface area contributed by atoms with Gasteiger partial charge in [0, 0.05) is 16.7 Å². The average molecular weight is 305 g/mol. The summed E-state index contributed by atoms with van der Waals surface area (Å²) >= 11 is 3.17. The van der Waals surface area contributed by atoms with Crippen molar-refractivity contribution in [1.82, 2.24) is 4.72 Å². The van der Waals surface area contributed by atoms with Gasteiger partial charge in [-0.1, -0.05) is 6.08 Å². The first-order chi connectivity index (χ1) is 7.47. The quantitative estimate of drug-likeness (QED) is 0.496. The lowest BCUT2D eigenvalue weighted by atomic mass is 10.3. The van der Waals surface area contributed by atoms with Gasteiger partial charge in [0.15, 0.2) is 0 Å². The topological polar surface area (TPSA) is 72.2 Å². The van der Waals surface area contributed by atoms with E-state index in [0.29, 0.717) is 23.1 Å². The maximum atomic E-state index is 11.8. The van der Waals surface area contributed by atoms with Crippen LogP contribution in [0.4, 0.5) is 5.69 Å². The lowest BCUT2D eigenvalue weighted by Gasteiger charge is -2.07. The van der Waals surface area contributed by atoms with E-state index < -0.39 is 10.0 Å².